The second kappa shape index (κ2) is 9.19. The van der Waals surface area contributed by atoms with E-state index in [0.29, 0.717) is 22.7 Å². The average molecular weight is 453 g/mol. The number of para-hydroxylation sites is 1. The highest BCUT2D eigenvalue weighted by atomic mass is 35.5. The summed E-state index contributed by atoms with van der Waals surface area (Å²) in [5.41, 5.74) is 12.0. The summed E-state index contributed by atoms with van der Waals surface area (Å²) < 4.78 is 41.3. The number of fused-ring (bicyclic) bond motifs is 1. The molecule has 1 aliphatic rings. The van der Waals surface area contributed by atoms with Crippen LogP contribution in [0.25, 0.3) is 0 Å². The molecule has 164 valence electrons. The van der Waals surface area contributed by atoms with Gasteiger partial charge in [-0.3, -0.25) is 9.79 Å². The maximum atomic E-state index is 13.4. The van der Waals surface area contributed by atoms with Crippen LogP contribution in [-0.4, -0.2) is 38.1 Å². The van der Waals surface area contributed by atoms with Crippen LogP contribution in [0.4, 0.5) is 14.5 Å². The number of nitrogens with zero attached hydrogens (tertiary/aromatic N) is 1. The van der Waals surface area contributed by atoms with E-state index in [1.165, 1.54) is 31.4 Å². The highest BCUT2D eigenvalue weighted by Gasteiger charge is 2.45. The second-order valence-corrected chi connectivity index (χ2v) is 6.60. The van der Waals surface area contributed by atoms with Crippen LogP contribution in [-0.2, 0) is 0 Å². The van der Waals surface area contributed by atoms with Gasteiger partial charge in [0.25, 0.3) is 5.91 Å². The van der Waals surface area contributed by atoms with Crippen LogP contribution in [0.5, 0.6) is 17.2 Å². The smallest absolute Gasteiger partial charge is 0.492 e. The fraction of sp³-hybridized carbons (Fsp3) is 0.200. The molecule has 0 unspecified atom stereocenters. The molecule has 0 aliphatic carbocycles. The summed E-state index contributed by atoms with van der Waals surface area (Å²) in [6.45, 7) is 0.518. The molecule has 3 rings (SSSR count). The number of carbonyl (C=O) groups is 1. The zero-order chi connectivity index (χ0) is 22.6. The van der Waals surface area contributed by atoms with Gasteiger partial charge in [-0.1, -0.05) is 17.7 Å². The molecular formula is C20H19ClF2N4O4. The van der Waals surface area contributed by atoms with Crippen LogP contribution in [0, 0.1) is 0 Å². The number of nitrogens with two attached hydrogens (primary N) is 2. The van der Waals surface area contributed by atoms with Gasteiger partial charge in [-0.25, -0.2) is 0 Å². The van der Waals surface area contributed by atoms with Crippen molar-refractivity contribution in [2.45, 2.75) is 6.29 Å². The third-order valence-corrected chi connectivity index (χ3v) is 4.44. The lowest BCUT2D eigenvalue weighted by Gasteiger charge is -2.15. The number of ether oxygens (including phenoxy) is 3. The minimum absolute atomic E-state index is 0.121. The lowest BCUT2D eigenvalue weighted by Crippen LogP contribution is -2.26. The molecule has 2 aromatic rings. The number of nitrogens with one attached hydrogen (secondary N) is 1. The third-order valence-electron chi connectivity index (χ3n) is 4.14. The maximum absolute atomic E-state index is 13.4. The van der Waals surface area contributed by atoms with E-state index in [1.807, 2.05) is 0 Å². The first-order valence-electron chi connectivity index (χ1n) is 9.01. The number of halogens is 3. The first-order chi connectivity index (χ1) is 14.8. The first kappa shape index (κ1) is 22.3. The van der Waals surface area contributed by atoms with Gasteiger partial charge in [-0.2, -0.15) is 0 Å². The standard InChI is InChI=1S/C20H19ClF2N4O4/c1-26-17(14(21)10-25)13-9-11(5-6-15(13)29-8-7-24)27-19(28)12-3-2-4-16-18(12)31-20(22,23)30-16/h2-6,9-10H,7-8,24-25H2,1H3,(H,27,28). The number of rotatable bonds is 7. The Kier molecular flexibility index (Phi) is 6.62. The Bertz CT molecular complexity index is 1060. The van der Waals surface area contributed by atoms with Crippen LogP contribution >= 0.6 is 11.6 Å². The number of benzene rings is 2. The third kappa shape index (κ3) is 4.86. The molecule has 0 spiro atoms. The van der Waals surface area contributed by atoms with Crippen LogP contribution in [0.3, 0.4) is 0 Å². The van der Waals surface area contributed by atoms with Crippen molar-refractivity contribution in [3.8, 4) is 17.2 Å². The molecule has 11 heteroatoms. The highest BCUT2D eigenvalue weighted by molar-refractivity contribution is 6.46. The van der Waals surface area contributed by atoms with Gasteiger partial charge >= 0.3 is 6.29 Å². The number of hydrogen-bond acceptors (Lipinski definition) is 7. The fourth-order valence-electron chi connectivity index (χ4n) is 2.87. The van der Waals surface area contributed by atoms with Crippen molar-refractivity contribution in [3.05, 3.63) is 58.8 Å². The van der Waals surface area contributed by atoms with E-state index in [0.717, 1.165) is 0 Å². The Labute approximate surface area is 181 Å². The Morgan fingerprint density at radius 3 is 2.74 bits per heavy atom. The Morgan fingerprint density at radius 2 is 2.06 bits per heavy atom. The zero-order valence-electron chi connectivity index (χ0n) is 16.3. The number of carbonyl (C=O) groups excluding carboxylic acids is 1. The number of alkyl halides is 2. The van der Waals surface area contributed by atoms with Crippen molar-refractivity contribution in [1.82, 2.24) is 0 Å². The van der Waals surface area contributed by atoms with Gasteiger partial charge in [0, 0.05) is 31.0 Å². The topological polar surface area (TPSA) is 121 Å². The quantitative estimate of drug-likeness (QED) is 0.555. The lowest BCUT2D eigenvalue weighted by atomic mass is 10.1. The molecule has 1 amide bonds. The minimum atomic E-state index is -3.84. The van der Waals surface area contributed by atoms with Crippen molar-refractivity contribution in [1.29, 1.82) is 0 Å². The van der Waals surface area contributed by atoms with Crippen LogP contribution in [0.2, 0.25) is 0 Å². The normalized spacial score (nSPS) is 15.0. The lowest BCUT2D eigenvalue weighted by molar-refractivity contribution is -0.286. The number of aliphatic imine (C=N–C) groups is 1. The Balaban J connectivity index is 1.94. The molecule has 8 nitrogen and oxygen atoms in total. The SMILES string of the molecule is CN=C(C(Cl)=CN)c1cc(NC(=O)c2cccc3c2OC(F)(F)O3)ccc1OCCN. The van der Waals surface area contributed by atoms with Crippen molar-refractivity contribution in [2.75, 3.05) is 25.5 Å². The molecule has 1 aliphatic heterocycles. The molecule has 0 saturated heterocycles. The summed E-state index contributed by atoms with van der Waals surface area (Å²) in [6.07, 6.45) is -2.67. The molecule has 0 aromatic heterocycles. The summed E-state index contributed by atoms with van der Waals surface area (Å²) >= 11 is 6.15. The molecule has 2 aromatic carbocycles. The number of anilines is 1. The largest absolute Gasteiger partial charge is 0.586 e. The van der Waals surface area contributed by atoms with E-state index in [9.17, 15) is 13.6 Å². The van der Waals surface area contributed by atoms with Gasteiger partial charge in [-0.15, -0.1) is 8.78 Å². The van der Waals surface area contributed by atoms with E-state index < -0.39 is 12.2 Å². The predicted molar refractivity (Wildman–Crippen MR) is 112 cm³/mol. The van der Waals surface area contributed by atoms with Gasteiger partial charge in [0.2, 0.25) is 0 Å². The van der Waals surface area contributed by atoms with Gasteiger partial charge < -0.3 is 31.0 Å². The summed E-state index contributed by atoms with van der Waals surface area (Å²) in [7, 11) is 1.52. The van der Waals surface area contributed by atoms with Crippen molar-refractivity contribution < 1.29 is 27.8 Å². The van der Waals surface area contributed by atoms with Crippen molar-refractivity contribution >= 4 is 28.9 Å². The van der Waals surface area contributed by atoms with E-state index in [4.69, 9.17) is 27.8 Å². The molecule has 0 fully saturated rings. The van der Waals surface area contributed by atoms with E-state index >= 15 is 0 Å². The van der Waals surface area contributed by atoms with Gasteiger partial charge in [-0.05, 0) is 30.3 Å². The molecule has 1 heterocycles. The molecule has 0 radical (unpaired) electrons. The Morgan fingerprint density at radius 1 is 1.29 bits per heavy atom. The molecule has 0 bridgehead atoms. The average Bonchev–Trinajstić information content (AvgIpc) is 3.07. The number of allylic oxidation sites excluding steroid dienone is 1. The predicted octanol–water partition coefficient (Wildman–Crippen LogP) is 3.06. The molecular weight excluding hydrogens is 434 g/mol. The minimum Gasteiger partial charge on any atom is -0.492 e. The maximum Gasteiger partial charge on any atom is 0.586 e. The van der Waals surface area contributed by atoms with Crippen LogP contribution in [0.15, 0.2) is 52.6 Å². The Hall–Kier alpha value is -3.37. The first-order valence-corrected chi connectivity index (χ1v) is 9.39. The van der Waals surface area contributed by atoms with Gasteiger partial charge in [0.15, 0.2) is 11.5 Å². The highest BCUT2D eigenvalue weighted by Crippen LogP contribution is 2.43. The van der Waals surface area contributed by atoms with Gasteiger partial charge in [0.05, 0.1) is 16.3 Å². The molecule has 0 atom stereocenters. The summed E-state index contributed by atoms with van der Waals surface area (Å²) in [4.78, 5) is 16.9. The second-order valence-electron chi connectivity index (χ2n) is 6.19. The zero-order valence-corrected chi connectivity index (χ0v) is 17.1. The van der Waals surface area contributed by atoms with Crippen molar-refractivity contribution in [2.24, 2.45) is 16.5 Å². The van der Waals surface area contributed by atoms with E-state index in [2.05, 4.69) is 19.8 Å². The summed E-state index contributed by atoms with van der Waals surface area (Å²) in [5, 5.41) is 2.79. The fourth-order valence-corrected chi connectivity index (χ4v) is 3.06. The molecule has 31 heavy (non-hydrogen) atoms. The van der Waals surface area contributed by atoms with E-state index in [1.54, 1.807) is 18.2 Å². The number of hydrogen-bond donors (Lipinski definition) is 3. The molecule has 0 saturated carbocycles. The van der Waals surface area contributed by atoms with Crippen molar-refractivity contribution in [3.63, 3.8) is 0 Å². The summed E-state index contributed by atoms with van der Waals surface area (Å²) in [5.74, 6) is -0.849. The van der Waals surface area contributed by atoms with E-state index in [-0.39, 0.29) is 35.2 Å². The summed E-state index contributed by atoms with van der Waals surface area (Å²) in [6, 6.07) is 8.74. The van der Waals surface area contributed by atoms with Crippen LogP contribution < -0.4 is 31.0 Å². The monoisotopic (exact) mass is 452 g/mol. The van der Waals surface area contributed by atoms with Crippen LogP contribution in [0.1, 0.15) is 15.9 Å². The molecule has 5 N–H and O–H groups in total. The van der Waals surface area contributed by atoms with Gasteiger partial charge in [0.1, 0.15) is 12.4 Å². The number of amides is 1.